The lowest BCUT2D eigenvalue weighted by molar-refractivity contribution is 0.259. The van der Waals surface area contributed by atoms with Gasteiger partial charge in [-0.3, -0.25) is 4.68 Å². The number of aromatic nitrogens is 2. The van der Waals surface area contributed by atoms with Gasteiger partial charge in [0.15, 0.2) is 0 Å². The number of para-hydroxylation sites is 1. The number of ether oxygens (including phenoxy) is 1. The number of hydrogen-bond acceptors (Lipinski definition) is 4. The zero-order valence-electron chi connectivity index (χ0n) is 13.9. The number of benzene rings is 1. The summed E-state index contributed by atoms with van der Waals surface area (Å²) in [6.45, 7) is 4.52. The molecule has 1 heterocycles. The van der Waals surface area contributed by atoms with Crippen LogP contribution in [0.2, 0.25) is 0 Å². The van der Waals surface area contributed by atoms with E-state index in [1.165, 1.54) is 11.3 Å². The lowest BCUT2D eigenvalue weighted by Crippen LogP contribution is -2.22. The van der Waals surface area contributed by atoms with E-state index in [2.05, 4.69) is 28.3 Å². The van der Waals surface area contributed by atoms with E-state index in [0.717, 1.165) is 18.8 Å². The minimum absolute atomic E-state index is 0.238. The monoisotopic (exact) mass is 302 g/mol. The third-order valence-electron chi connectivity index (χ3n) is 3.67. The lowest BCUT2D eigenvalue weighted by atomic mass is 10.1. The van der Waals surface area contributed by atoms with E-state index in [0.29, 0.717) is 6.61 Å². The predicted molar refractivity (Wildman–Crippen MR) is 89.0 cm³/mol. The smallest absolute Gasteiger partial charge is 0.123 e. The van der Waals surface area contributed by atoms with Crippen LogP contribution in [-0.4, -0.2) is 41.9 Å². The third-order valence-corrected chi connectivity index (χ3v) is 3.67. The summed E-state index contributed by atoms with van der Waals surface area (Å²) in [7, 11) is 6.06. The van der Waals surface area contributed by atoms with Crippen LogP contribution in [0.15, 0.2) is 36.5 Å². The van der Waals surface area contributed by atoms with Crippen molar-refractivity contribution in [2.45, 2.75) is 19.5 Å². The molecule has 1 aromatic heterocycles. The summed E-state index contributed by atoms with van der Waals surface area (Å²) < 4.78 is 7.80. The van der Waals surface area contributed by atoms with Gasteiger partial charge in [-0.05, 0) is 33.2 Å². The molecule has 1 unspecified atom stereocenters. The molecule has 0 bridgehead atoms. The van der Waals surface area contributed by atoms with Gasteiger partial charge in [0.2, 0.25) is 0 Å². The average molecular weight is 302 g/mol. The fourth-order valence-corrected chi connectivity index (χ4v) is 2.31. The molecule has 0 saturated heterocycles. The minimum atomic E-state index is 0.238. The summed E-state index contributed by atoms with van der Waals surface area (Å²) in [6.07, 6.45) is 1.83. The topological polar surface area (TPSA) is 42.3 Å². The molecule has 22 heavy (non-hydrogen) atoms. The summed E-state index contributed by atoms with van der Waals surface area (Å²) in [5.74, 6) is 0.953. The molecule has 1 aromatic carbocycles. The van der Waals surface area contributed by atoms with Crippen molar-refractivity contribution in [3.05, 3.63) is 47.8 Å². The highest BCUT2D eigenvalue weighted by Gasteiger charge is 2.10. The second kappa shape index (κ2) is 7.96. The highest BCUT2D eigenvalue weighted by Crippen LogP contribution is 2.19. The van der Waals surface area contributed by atoms with E-state index in [-0.39, 0.29) is 6.04 Å². The van der Waals surface area contributed by atoms with Crippen LogP contribution in [0.1, 0.15) is 24.2 Å². The van der Waals surface area contributed by atoms with Gasteiger partial charge in [-0.2, -0.15) is 5.10 Å². The Kier molecular flexibility index (Phi) is 5.98. The lowest BCUT2D eigenvalue weighted by Gasteiger charge is -2.17. The summed E-state index contributed by atoms with van der Waals surface area (Å²) in [5, 5.41) is 7.75. The molecule has 120 valence electrons. The van der Waals surface area contributed by atoms with Crippen molar-refractivity contribution in [1.82, 2.24) is 20.0 Å². The van der Waals surface area contributed by atoms with Gasteiger partial charge in [0.1, 0.15) is 12.4 Å². The summed E-state index contributed by atoms with van der Waals surface area (Å²) in [6, 6.07) is 10.5. The molecule has 0 aliphatic rings. The van der Waals surface area contributed by atoms with Gasteiger partial charge >= 0.3 is 0 Å². The van der Waals surface area contributed by atoms with Gasteiger partial charge in [0.25, 0.3) is 0 Å². The number of hydrogen-bond donors (Lipinski definition) is 1. The molecule has 5 nitrogen and oxygen atoms in total. The molecule has 1 N–H and O–H groups in total. The van der Waals surface area contributed by atoms with Crippen LogP contribution < -0.4 is 10.1 Å². The van der Waals surface area contributed by atoms with E-state index < -0.39 is 0 Å². The Bertz CT molecular complexity index is 580. The summed E-state index contributed by atoms with van der Waals surface area (Å²) in [5.41, 5.74) is 2.35. The van der Waals surface area contributed by atoms with Crippen LogP contribution in [0.25, 0.3) is 0 Å². The van der Waals surface area contributed by atoms with Crippen LogP contribution in [0.5, 0.6) is 5.75 Å². The number of rotatable bonds is 8. The number of aryl methyl sites for hydroxylation is 1. The zero-order valence-corrected chi connectivity index (χ0v) is 13.9. The molecule has 0 saturated carbocycles. The largest absolute Gasteiger partial charge is 0.492 e. The Hall–Kier alpha value is -1.85. The van der Waals surface area contributed by atoms with Crippen molar-refractivity contribution in [2.24, 2.45) is 7.05 Å². The van der Waals surface area contributed by atoms with E-state index in [1.54, 1.807) is 0 Å². The van der Waals surface area contributed by atoms with Crippen molar-refractivity contribution in [2.75, 3.05) is 27.2 Å². The second-order valence-corrected chi connectivity index (χ2v) is 5.74. The number of likely N-dealkylation sites (N-methyl/N-ethyl adjacent to an activating group) is 1. The molecule has 0 aliphatic heterocycles. The Morgan fingerprint density at radius 3 is 2.73 bits per heavy atom. The first-order valence-electron chi connectivity index (χ1n) is 7.64. The maximum Gasteiger partial charge on any atom is 0.123 e. The second-order valence-electron chi connectivity index (χ2n) is 5.74. The van der Waals surface area contributed by atoms with E-state index in [1.807, 2.05) is 56.3 Å². The van der Waals surface area contributed by atoms with Crippen molar-refractivity contribution in [1.29, 1.82) is 0 Å². The fraction of sp³-hybridized carbons (Fsp3) is 0.471. The Morgan fingerprint density at radius 1 is 1.27 bits per heavy atom. The van der Waals surface area contributed by atoms with Crippen LogP contribution in [0.4, 0.5) is 0 Å². The molecular weight excluding hydrogens is 276 g/mol. The summed E-state index contributed by atoms with van der Waals surface area (Å²) >= 11 is 0. The van der Waals surface area contributed by atoms with Crippen LogP contribution in [0.3, 0.4) is 0 Å². The molecular formula is C17H26N4O. The van der Waals surface area contributed by atoms with Gasteiger partial charge in [-0.15, -0.1) is 0 Å². The summed E-state index contributed by atoms with van der Waals surface area (Å²) in [4.78, 5) is 2.12. The third kappa shape index (κ3) is 4.58. The van der Waals surface area contributed by atoms with Crippen LogP contribution >= 0.6 is 0 Å². The van der Waals surface area contributed by atoms with Crippen LogP contribution in [-0.2, 0) is 13.6 Å². The number of nitrogens with one attached hydrogen (secondary N) is 1. The predicted octanol–water partition coefficient (Wildman–Crippen LogP) is 2.21. The normalized spacial score (nSPS) is 12.6. The first-order valence-corrected chi connectivity index (χ1v) is 7.64. The Labute approximate surface area is 132 Å². The number of nitrogens with zero attached hydrogens (tertiary/aromatic N) is 3. The SMILES string of the molecule is CC(NCc1ccccc1OCCN(C)C)c1ccnn1C. The van der Waals surface area contributed by atoms with Crippen molar-refractivity contribution < 1.29 is 4.74 Å². The van der Waals surface area contributed by atoms with Gasteiger partial charge in [0, 0.05) is 37.9 Å². The van der Waals surface area contributed by atoms with E-state index in [4.69, 9.17) is 4.74 Å². The fourth-order valence-electron chi connectivity index (χ4n) is 2.31. The van der Waals surface area contributed by atoms with E-state index >= 15 is 0 Å². The Balaban J connectivity index is 1.93. The standard InChI is InChI=1S/C17H26N4O/c1-14(16-9-10-19-21(16)4)18-13-15-7-5-6-8-17(15)22-12-11-20(2)3/h5-10,14,18H,11-13H2,1-4H3. The first-order chi connectivity index (χ1) is 10.6. The average Bonchev–Trinajstić information content (AvgIpc) is 2.92. The molecule has 0 aliphatic carbocycles. The zero-order chi connectivity index (χ0) is 15.9. The van der Waals surface area contributed by atoms with Gasteiger partial charge in [-0.1, -0.05) is 18.2 Å². The minimum Gasteiger partial charge on any atom is -0.492 e. The van der Waals surface area contributed by atoms with Gasteiger partial charge in [-0.25, -0.2) is 0 Å². The quantitative estimate of drug-likeness (QED) is 0.812. The highest BCUT2D eigenvalue weighted by atomic mass is 16.5. The highest BCUT2D eigenvalue weighted by molar-refractivity contribution is 5.33. The maximum atomic E-state index is 5.90. The maximum absolute atomic E-state index is 5.90. The molecule has 0 spiro atoms. The van der Waals surface area contributed by atoms with Gasteiger partial charge in [0.05, 0.1) is 5.69 Å². The molecule has 0 fully saturated rings. The molecule has 1 atom stereocenters. The van der Waals surface area contributed by atoms with Crippen molar-refractivity contribution >= 4 is 0 Å². The molecule has 2 aromatic rings. The van der Waals surface area contributed by atoms with Crippen molar-refractivity contribution in [3.63, 3.8) is 0 Å². The van der Waals surface area contributed by atoms with Crippen LogP contribution in [0, 0.1) is 0 Å². The molecule has 5 heteroatoms. The first kappa shape index (κ1) is 16.5. The van der Waals surface area contributed by atoms with Gasteiger partial charge < -0.3 is 15.0 Å². The van der Waals surface area contributed by atoms with Crippen molar-refractivity contribution in [3.8, 4) is 5.75 Å². The van der Waals surface area contributed by atoms with E-state index in [9.17, 15) is 0 Å². The molecule has 0 amide bonds. The molecule has 0 radical (unpaired) electrons. The Morgan fingerprint density at radius 2 is 2.05 bits per heavy atom. The molecule has 2 rings (SSSR count).